The number of nitrogens with one attached hydrogen (secondary N) is 3. The Hall–Kier alpha value is -2.77. The molecule has 27 heavy (non-hydrogen) atoms. The van der Waals surface area contributed by atoms with Crippen molar-refractivity contribution < 1.29 is 14.3 Å². The van der Waals surface area contributed by atoms with Crippen molar-refractivity contribution in [2.45, 2.75) is 38.8 Å². The third kappa shape index (κ3) is 4.50. The molecule has 0 aromatic heterocycles. The fourth-order valence-corrected chi connectivity index (χ4v) is 3.36. The van der Waals surface area contributed by atoms with Crippen molar-refractivity contribution in [1.82, 2.24) is 20.9 Å². The van der Waals surface area contributed by atoms with Gasteiger partial charge in [0, 0.05) is 18.5 Å². The lowest BCUT2D eigenvalue weighted by molar-refractivity contribution is -0.124. The van der Waals surface area contributed by atoms with Crippen LogP contribution in [0.1, 0.15) is 38.8 Å². The summed E-state index contributed by atoms with van der Waals surface area (Å²) in [5.41, 5.74) is 0.806. The number of urea groups is 1. The van der Waals surface area contributed by atoms with Crippen LogP contribution < -0.4 is 20.7 Å². The highest BCUT2D eigenvalue weighted by molar-refractivity contribution is 6.01. The molecular formula is C19H27N5O3. The Morgan fingerprint density at radius 1 is 1.37 bits per heavy atom. The van der Waals surface area contributed by atoms with Crippen molar-refractivity contribution in [2.75, 3.05) is 26.2 Å². The van der Waals surface area contributed by atoms with Gasteiger partial charge in [0.05, 0.1) is 25.7 Å². The summed E-state index contributed by atoms with van der Waals surface area (Å²) in [6, 6.07) is 7.70. The summed E-state index contributed by atoms with van der Waals surface area (Å²) in [5, 5.41) is 9.21. The Morgan fingerprint density at radius 3 is 2.85 bits per heavy atom. The lowest BCUT2D eigenvalue weighted by atomic mass is 9.90. The molecular weight excluding hydrogens is 346 g/mol. The molecule has 8 heteroatoms. The highest BCUT2D eigenvalue weighted by Gasteiger charge is 2.34. The molecule has 1 atom stereocenters. The fraction of sp³-hybridized carbons (Fsp3) is 0.526. The van der Waals surface area contributed by atoms with Crippen LogP contribution in [0.4, 0.5) is 4.79 Å². The molecule has 1 fully saturated rings. The fourth-order valence-electron chi connectivity index (χ4n) is 3.36. The molecule has 1 aromatic rings. The van der Waals surface area contributed by atoms with Crippen LogP contribution in [0.25, 0.3) is 0 Å². The summed E-state index contributed by atoms with van der Waals surface area (Å²) in [6.45, 7) is 7.51. The molecule has 2 heterocycles. The van der Waals surface area contributed by atoms with Crippen LogP contribution in [0.15, 0.2) is 29.3 Å². The molecule has 1 unspecified atom stereocenters. The van der Waals surface area contributed by atoms with Crippen molar-refractivity contribution in [3.63, 3.8) is 0 Å². The Bertz CT molecular complexity index is 731. The van der Waals surface area contributed by atoms with Crippen molar-refractivity contribution >= 4 is 17.9 Å². The second-order valence-electron chi connectivity index (χ2n) is 7.27. The zero-order chi connectivity index (χ0) is 19.4. The number of ether oxygens (including phenoxy) is 1. The summed E-state index contributed by atoms with van der Waals surface area (Å²) in [5.74, 6) is 1.32. The van der Waals surface area contributed by atoms with Gasteiger partial charge in [0.1, 0.15) is 11.4 Å². The summed E-state index contributed by atoms with van der Waals surface area (Å²) in [4.78, 5) is 29.0. The normalized spacial score (nSPS) is 21.4. The Labute approximate surface area is 159 Å². The lowest BCUT2D eigenvalue weighted by Gasteiger charge is -2.38. The second kappa shape index (κ2) is 7.85. The van der Waals surface area contributed by atoms with Gasteiger partial charge in [0.15, 0.2) is 5.96 Å². The average molecular weight is 373 g/mol. The number of benzene rings is 1. The molecule has 3 rings (SSSR count). The molecule has 3 N–H and O–H groups in total. The van der Waals surface area contributed by atoms with Crippen LogP contribution in [-0.4, -0.2) is 54.6 Å². The van der Waals surface area contributed by atoms with E-state index < -0.39 is 0 Å². The molecule has 1 aromatic carbocycles. The number of hydrogen-bond donors (Lipinski definition) is 3. The number of carbonyl (C=O) groups excluding carboxylic acids is 2. The van der Waals surface area contributed by atoms with E-state index in [9.17, 15) is 9.59 Å². The maximum Gasteiger partial charge on any atom is 0.324 e. The highest BCUT2D eigenvalue weighted by atomic mass is 16.5. The van der Waals surface area contributed by atoms with E-state index in [-0.39, 0.29) is 36.7 Å². The van der Waals surface area contributed by atoms with Crippen LogP contribution >= 0.6 is 0 Å². The van der Waals surface area contributed by atoms with Crippen molar-refractivity contribution in [3.8, 4) is 5.75 Å². The minimum absolute atomic E-state index is 0.0551. The SMILES string of the molecule is CCNC(=NCCN1C(=O)CNC1=O)NC1CC(C)(C)Oc2ccccc21. The van der Waals surface area contributed by atoms with Crippen LogP contribution in [-0.2, 0) is 4.79 Å². The first-order valence-corrected chi connectivity index (χ1v) is 9.30. The summed E-state index contributed by atoms with van der Waals surface area (Å²) in [7, 11) is 0. The van der Waals surface area contributed by atoms with E-state index in [1.54, 1.807) is 0 Å². The number of fused-ring (bicyclic) bond motifs is 1. The summed E-state index contributed by atoms with van der Waals surface area (Å²) < 4.78 is 6.07. The average Bonchev–Trinajstić information content (AvgIpc) is 2.93. The molecule has 1 saturated heterocycles. The predicted molar refractivity (Wildman–Crippen MR) is 103 cm³/mol. The van der Waals surface area contributed by atoms with Crippen LogP contribution in [0, 0.1) is 0 Å². The third-order valence-corrected chi connectivity index (χ3v) is 4.56. The molecule has 146 valence electrons. The van der Waals surface area contributed by atoms with Gasteiger partial charge < -0.3 is 20.7 Å². The van der Waals surface area contributed by atoms with Gasteiger partial charge in [-0.15, -0.1) is 0 Å². The number of amides is 3. The maximum absolute atomic E-state index is 11.7. The zero-order valence-corrected chi connectivity index (χ0v) is 16.0. The van der Waals surface area contributed by atoms with Crippen LogP contribution in [0.3, 0.4) is 0 Å². The number of aliphatic imine (C=N–C) groups is 1. The quantitative estimate of drug-likeness (QED) is 0.412. The molecule has 2 aliphatic heterocycles. The van der Waals surface area contributed by atoms with Gasteiger partial charge in [-0.05, 0) is 26.8 Å². The third-order valence-electron chi connectivity index (χ3n) is 4.56. The number of guanidine groups is 1. The monoisotopic (exact) mass is 373 g/mol. The van der Waals surface area contributed by atoms with E-state index in [0.29, 0.717) is 19.0 Å². The van der Waals surface area contributed by atoms with E-state index in [1.165, 1.54) is 4.90 Å². The van der Waals surface area contributed by atoms with Gasteiger partial charge >= 0.3 is 6.03 Å². The standard InChI is InChI=1S/C19H27N5O3/c1-4-20-17(21-9-10-24-16(25)12-22-18(24)26)23-14-11-19(2,3)27-15-8-6-5-7-13(14)15/h5-8,14H,4,9-12H2,1-3H3,(H,22,26)(H2,20,21,23). The topological polar surface area (TPSA) is 95.1 Å². The minimum Gasteiger partial charge on any atom is -0.487 e. The van der Waals surface area contributed by atoms with Crippen molar-refractivity contribution in [1.29, 1.82) is 0 Å². The molecule has 0 aliphatic carbocycles. The smallest absolute Gasteiger partial charge is 0.324 e. The summed E-state index contributed by atoms with van der Waals surface area (Å²) in [6.07, 6.45) is 0.793. The number of para-hydroxylation sites is 1. The van der Waals surface area contributed by atoms with Gasteiger partial charge in [-0.1, -0.05) is 18.2 Å². The molecule has 2 aliphatic rings. The van der Waals surface area contributed by atoms with Crippen molar-refractivity contribution in [2.24, 2.45) is 4.99 Å². The van der Waals surface area contributed by atoms with E-state index in [4.69, 9.17) is 4.74 Å². The molecule has 0 radical (unpaired) electrons. The van der Waals surface area contributed by atoms with E-state index in [2.05, 4.69) is 40.9 Å². The largest absolute Gasteiger partial charge is 0.487 e. The zero-order valence-electron chi connectivity index (χ0n) is 16.0. The van der Waals surface area contributed by atoms with Crippen LogP contribution in [0.2, 0.25) is 0 Å². The van der Waals surface area contributed by atoms with Gasteiger partial charge in [-0.3, -0.25) is 14.7 Å². The molecule has 0 saturated carbocycles. The Morgan fingerprint density at radius 2 is 2.15 bits per heavy atom. The first-order valence-electron chi connectivity index (χ1n) is 9.30. The number of rotatable bonds is 5. The minimum atomic E-state index is -0.353. The van der Waals surface area contributed by atoms with Crippen molar-refractivity contribution in [3.05, 3.63) is 29.8 Å². The predicted octanol–water partition coefficient (Wildman–Crippen LogP) is 1.40. The van der Waals surface area contributed by atoms with Gasteiger partial charge in [0.25, 0.3) is 0 Å². The number of nitrogens with zero attached hydrogens (tertiary/aromatic N) is 2. The lowest BCUT2D eigenvalue weighted by Crippen LogP contribution is -2.45. The Kier molecular flexibility index (Phi) is 5.53. The summed E-state index contributed by atoms with van der Waals surface area (Å²) >= 11 is 0. The number of imide groups is 1. The van der Waals surface area contributed by atoms with E-state index >= 15 is 0 Å². The molecule has 3 amide bonds. The highest BCUT2D eigenvalue weighted by Crippen LogP contribution is 2.39. The maximum atomic E-state index is 11.7. The number of hydrogen-bond acceptors (Lipinski definition) is 4. The molecule has 8 nitrogen and oxygen atoms in total. The Balaban J connectivity index is 1.70. The van der Waals surface area contributed by atoms with Gasteiger partial charge in [-0.2, -0.15) is 0 Å². The molecule has 0 spiro atoms. The van der Waals surface area contributed by atoms with E-state index in [1.807, 2.05) is 25.1 Å². The number of carbonyl (C=O) groups is 2. The molecule has 0 bridgehead atoms. The van der Waals surface area contributed by atoms with Crippen LogP contribution in [0.5, 0.6) is 5.75 Å². The first-order chi connectivity index (χ1) is 12.9. The second-order valence-corrected chi connectivity index (χ2v) is 7.27. The van der Waals surface area contributed by atoms with Gasteiger partial charge in [0.2, 0.25) is 5.91 Å². The first kappa shape index (κ1) is 19.0. The van der Waals surface area contributed by atoms with E-state index in [0.717, 1.165) is 17.7 Å². The van der Waals surface area contributed by atoms with Gasteiger partial charge in [-0.25, -0.2) is 4.79 Å².